The lowest BCUT2D eigenvalue weighted by atomic mass is 10.1. The maximum absolute atomic E-state index is 11.0. The molecule has 0 aliphatic carbocycles. The van der Waals surface area contributed by atoms with Crippen LogP contribution in [0.15, 0.2) is 47.6 Å². The first-order valence-electron chi connectivity index (χ1n) is 6.43. The highest BCUT2D eigenvalue weighted by Crippen LogP contribution is 2.28. The molecule has 0 aromatic heterocycles. The fourth-order valence-electron chi connectivity index (χ4n) is 1.76. The van der Waals surface area contributed by atoms with E-state index in [-0.39, 0.29) is 18.0 Å². The van der Waals surface area contributed by atoms with Crippen molar-refractivity contribution in [1.29, 1.82) is 0 Å². The molecule has 0 bridgehead atoms. The minimum absolute atomic E-state index is 0.0452. The Morgan fingerprint density at radius 1 is 1.09 bits per heavy atom. The summed E-state index contributed by atoms with van der Waals surface area (Å²) in [5.74, 6) is 0. The molecule has 2 aromatic carbocycles. The minimum atomic E-state index is -0.721. The van der Waals surface area contributed by atoms with Crippen molar-refractivity contribution in [2.45, 2.75) is 6.61 Å². The summed E-state index contributed by atoms with van der Waals surface area (Å²) >= 11 is 0. The Bertz CT molecular complexity index is 758. The van der Waals surface area contributed by atoms with E-state index in [1.54, 1.807) is 24.3 Å². The highest BCUT2D eigenvalue weighted by Gasteiger charge is 2.18. The second-order valence-corrected chi connectivity index (χ2v) is 4.49. The maximum Gasteiger partial charge on any atom is 0.301 e. The Balaban J connectivity index is 2.17. The van der Waals surface area contributed by atoms with Gasteiger partial charge in [0.25, 0.3) is 5.69 Å². The van der Waals surface area contributed by atoms with Gasteiger partial charge in [-0.25, -0.2) is 0 Å². The molecule has 118 valence electrons. The smallest absolute Gasteiger partial charge is 0.301 e. The lowest BCUT2D eigenvalue weighted by Gasteiger charge is -2.02. The summed E-state index contributed by atoms with van der Waals surface area (Å²) in [6.07, 6.45) is 1.44. The Hall–Kier alpha value is -3.33. The molecule has 0 atom stereocenters. The van der Waals surface area contributed by atoms with Gasteiger partial charge in [-0.3, -0.25) is 25.7 Å². The predicted octanol–water partition coefficient (Wildman–Crippen LogP) is 2.44. The van der Waals surface area contributed by atoms with Crippen molar-refractivity contribution in [2.24, 2.45) is 5.10 Å². The highest BCUT2D eigenvalue weighted by atomic mass is 16.6. The van der Waals surface area contributed by atoms with Gasteiger partial charge >= 0.3 is 5.69 Å². The number of nitro benzene ring substituents is 2. The molecule has 0 amide bonds. The lowest BCUT2D eigenvalue weighted by molar-refractivity contribution is -0.393. The Kier molecular flexibility index (Phi) is 4.95. The molecule has 23 heavy (non-hydrogen) atoms. The van der Waals surface area contributed by atoms with E-state index >= 15 is 0 Å². The number of non-ortho nitro benzene ring substituents is 1. The summed E-state index contributed by atoms with van der Waals surface area (Å²) in [5.41, 5.74) is 3.20. The zero-order chi connectivity index (χ0) is 16.8. The van der Waals surface area contributed by atoms with E-state index in [2.05, 4.69) is 10.5 Å². The summed E-state index contributed by atoms with van der Waals surface area (Å²) in [6.45, 7) is -0.0648. The fourth-order valence-corrected chi connectivity index (χ4v) is 1.76. The number of nitrogens with one attached hydrogen (secondary N) is 1. The van der Waals surface area contributed by atoms with Gasteiger partial charge in [0.2, 0.25) is 0 Å². The summed E-state index contributed by atoms with van der Waals surface area (Å²) < 4.78 is 0. The van der Waals surface area contributed by atoms with Gasteiger partial charge in [0.05, 0.1) is 28.7 Å². The average Bonchev–Trinajstić information content (AvgIpc) is 2.55. The van der Waals surface area contributed by atoms with E-state index in [4.69, 9.17) is 5.11 Å². The van der Waals surface area contributed by atoms with Crippen molar-refractivity contribution >= 4 is 23.3 Å². The molecule has 0 saturated heterocycles. The topological polar surface area (TPSA) is 131 Å². The van der Waals surface area contributed by atoms with Crippen LogP contribution in [0.1, 0.15) is 11.1 Å². The largest absolute Gasteiger partial charge is 0.392 e. The third-order valence-electron chi connectivity index (χ3n) is 2.95. The van der Waals surface area contributed by atoms with Crippen molar-refractivity contribution in [2.75, 3.05) is 5.43 Å². The first kappa shape index (κ1) is 16.0. The van der Waals surface area contributed by atoms with Crippen LogP contribution >= 0.6 is 0 Å². The maximum atomic E-state index is 11.0. The Morgan fingerprint density at radius 2 is 1.78 bits per heavy atom. The molecule has 0 spiro atoms. The zero-order valence-corrected chi connectivity index (χ0v) is 11.7. The Morgan fingerprint density at radius 3 is 2.35 bits per heavy atom. The SMILES string of the molecule is O=[N+]([O-])c1ccc(N/N=C/c2ccc(CO)cc2)c([N+](=O)[O-])c1. The van der Waals surface area contributed by atoms with Gasteiger partial charge in [-0.05, 0) is 17.2 Å². The van der Waals surface area contributed by atoms with Gasteiger partial charge in [-0.1, -0.05) is 24.3 Å². The molecule has 0 unspecified atom stereocenters. The van der Waals surface area contributed by atoms with E-state index in [1.807, 2.05) is 0 Å². The van der Waals surface area contributed by atoms with Crippen molar-refractivity contribution in [3.05, 3.63) is 73.8 Å². The van der Waals surface area contributed by atoms with Crippen LogP contribution in [0.2, 0.25) is 0 Å². The number of benzene rings is 2. The molecule has 0 aliphatic rings. The molecule has 0 fully saturated rings. The van der Waals surface area contributed by atoms with Crippen molar-refractivity contribution in [3.8, 4) is 0 Å². The second kappa shape index (κ2) is 7.09. The number of aliphatic hydroxyl groups is 1. The molecule has 2 rings (SSSR count). The standard InChI is InChI=1S/C14H12N4O5/c19-9-11-3-1-10(2-4-11)8-15-16-13-6-5-12(17(20)21)7-14(13)18(22)23/h1-8,16,19H,9H2/b15-8+. The summed E-state index contributed by atoms with van der Waals surface area (Å²) in [4.78, 5) is 20.2. The second-order valence-electron chi connectivity index (χ2n) is 4.49. The number of anilines is 1. The molecule has 0 radical (unpaired) electrons. The normalized spacial score (nSPS) is 10.7. The molecular formula is C14H12N4O5. The van der Waals surface area contributed by atoms with E-state index in [9.17, 15) is 20.2 Å². The van der Waals surface area contributed by atoms with Crippen LogP contribution in [0, 0.1) is 20.2 Å². The zero-order valence-electron chi connectivity index (χ0n) is 11.7. The number of nitrogens with zero attached hydrogens (tertiary/aromatic N) is 3. The van der Waals surface area contributed by atoms with Crippen molar-refractivity contribution in [1.82, 2.24) is 0 Å². The number of nitro groups is 2. The molecule has 2 aromatic rings. The molecule has 0 aliphatic heterocycles. The number of hydrazone groups is 1. The highest BCUT2D eigenvalue weighted by molar-refractivity contribution is 5.80. The van der Waals surface area contributed by atoms with Gasteiger partial charge < -0.3 is 5.11 Å². The third kappa shape index (κ3) is 4.08. The molecule has 9 heteroatoms. The van der Waals surface area contributed by atoms with Crippen LogP contribution in [-0.2, 0) is 6.61 Å². The number of hydrogen-bond acceptors (Lipinski definition) is 7. The van der Waals surface area contributed by atoms with Gasteiger partial charge in [-0.2, -0.15) is 5.10 Å². The van der Waals surface area contributed by atoms with Crippen molar-refractivity contribution in [3.63, 3.8) is 0 Å². The lowest BCUT2D eigenvalue weighted by Crippen LogP contribution is -1.98. The van der Waals surface area contributed by atoms with Crippen LogP contribution < -0.4 is 5.43 Å². The van der Waals surface area contributed by atoms with Crippen LogP contribution in [0.4, 0.5) is 17.1 Å². The quantitative estimate of drug-likeness (QED) is 0.478. The molecule has 9 nitrogen and oxygen atoms in total. The van der Waals surface area contributed by atoms with E-state index in [0.717, 1.165) is 23.3 Å². The van der Waals surface area contributed by atoms with Crippen LogP contribution in [0.25, 0.3) is 0 Å². The van der Waals surface area contributed by atoms with Crippen LogP contribution in [0.5, 0.6) is 0 Å². The van der Waals surface area contributed by atoms with E-state index in [0.29, 0.717) is 0 Å². The molecular weight excluding hydrogens is 304 g/mol. The third-order valence-corrected chi connectivity index (χ3v) is 2.95. The molecule has 2 N–H and O–H groups in total. The minimum Gasteiger partial charge on any atom is -0.392 e. The van der Waals surface area contributed by atoms with E-state index < -0.39 is 15.5 Å². The molecule has 0 saturated carbocycles. The predicted molar refractivity (Wildman–Crippen MR) is 83.3 cm³/mol. The van der Waals surface area contributed by atoms with Crippen LogP contribution in [-0.4, -0.2) is 21.2 Å². The summed E-state index contributed by atoms with van der Waals surface area (Å²) in [5, 5.41) is 34.4. The fraction of sp³-hybridized carbons (Fsp3) is 0.0714. The number of aliphatic hydroxyl groups excluding tert-OH is 1. The first-order chi connectivity index (χ1) is 11.0. The van der Waals surface area contributed by atoms with Gasteiger partial charge in [0, 0.05) is 6.07 Å². The summed E-state index contributed by atoms with van der Waals surface area (Å²) in [6, 6.07) is 10.1. The van der Waals surface area contributed by atoms with Crippen molar-refractivity contribution < 1.29 is 15.0 Å². The van der Waals surface area contributed by atoms with E-state index in [1.165, 1.54) is 12.3 Å². The van der Waals surface area contributed by atoms with Gasteiger partial charge in [0.1, 0.15) is 5.69 Å². The number of hydrogen-bond donors (Lipinski definition) is 2. The Labute approximate surface area is 130 Å². The van der Waals surface area contributed by atoms with Gasteiger partial charge in [-0.15, -0.1) is 0 Å². The monoisotopic (exact) mass is 316 g/mol. The summed E-state index contributed by atoms with van der Waals surface area (Å²) in [7, 11) is 0. The van der Waals surface area contributed by atoms with Crippen LogP contribution in [0.3, 0.4) is 0 Å². The first-order valence-corrected chi connectivity index (χ1v) is 6.43. The van der Waals surface area contributed by atoms with Gasteiger partial charge in [0.15, 0.2) is 0 Å². The number of rotatable bonds is 6. The molecule has 0 heterocycles. The average molecular weight is 316 g/mol.